The molecule has 19 heavy (non-hydrogen) atoms. The highest BCUT2D eigenvalue weighted by molar-refractivity contribution is 5.33. The number of oxazole rings is 1. The van der Waals surface area contributed by atoms with Crippen LogP contribution in [0.1, 0.15) is 18.5 Å². The number of aromatic nitrogens is 3. The normalized spacial score (nSPS) is 17.5. The molecule has 100 valence electrons. The highest BCUT2D eigenvalue weighted by Crippen LogP contribution is 2.16. The van der Waals surface area contributed by atoms with Crippen LogP contribution in [0.3, 0.4) is 0 Å². The van der Waals surface area contributed by atoms with Crippen LogP contribution >= 0.6 is 0 Å². The monoisotopic (exact) mass is 259 g/mol. The third-order valence-corrected chi connectivity index (χ3v) is 3.39. The summed E-state index contributed by atoms with van der Waals surface area (Å²) in [7, 11) is 0. The molecule has 1 saturated heterocycles. The zero-order valence-corrected chi connectivity index (χ0v) is 10.7. The van der Waals surface area contributed by atoms with E-state index in [1.807, 2.05) is 6.07 Å². The Labute approximate surface area is 111 Å². The molecule has 3 rings (SSSR count). The van der Waals surface area contributed by atoms with Gasteiger partial charge in [-0.25, -0.2) is 15.0 Å². The van der Waals surface area contributed by atoms with Gasteiger partial charge in [0.25, 0.3) is 0 Å². The van der Waals surface area contributed by atoms with Gasteiger partial charge >= 0.3 is 0 Å². The molecule has 2 aromatic heterocycles. The molecule has 0 radical (unpaired) electrons. The molecule has 0 unspecified atom stereocenters. The Morgan fingerprint density at radius 1 is 1.32 bits per heavy atom. The molecule has 1 fully saturated rings. The van der Waals surface area contributed by atoms with Gasteiger partial charge in [-0.2, -0.15) is 0 Å². The average molecular weight is 259 g/mol. The summed E-state index contributed by atoms with van der Waals surface area (Å²) in [6.45, 7) is 3.00. The first-order valence-electron chi connectivity index (χ1n) is 6.52. The lowest BCUT2D eigenvalue weighted by Gasteiger charge is -2.31. The summed E-state index contributed by atoms with van der Waals surface area (Å²) in [5, 5.41) is 3.45. The van der Waals surface area contributed by atoms with Crippen LogP contribution in [0.4, 0.5) is 5.82 Å². The van der Waals surface area contributed by atoms with Crippen molar-refractivity contribution < 1.29 is 4.42 Å². The molecular weight excluding hydrogens is 242 g/mol. The first-order chi connectivity index (χ1) is 9.40. The summed E-state index contributed by atoms with van der Waals surface area (Å²) in [6, 6.07) is 2.39. The predicted octanol–water partition coefficient (Wildman–Crippen LogP) is 1.54. The van der Waals surface area contributed by atoms with Gasteiger partial charge in [0.2, 0.25) is 0 Å². The molecule has 0 aromatic carbocycles. The van der Waals surface area contributed by atoms with Crippen LogP contribution in [0, 0.1) is 0 Å². The van der Waals surface area contributed by atoms with Crippen molar-refractivity contribution in [2.24, 2.45) is 0 Å². The van der Waals surface area contributed by atoms with Gasteiger partial charge in [0, 0.05) is 31.9 Å². The largest absolute Gasteiger partial charge is 0.451 e. The summed E-state index contributed by atoms with van der Waals surface area (Å²) in [4.78, 5) is 14.7. The second-order valence-electron chi connectivity index (χ2n) is 4.77. The van der Waals surface area contributed by atoms with E-state index in [1.54, 1.807) is 18.8 Å². The van der Waals surface area contributed by atoms with Crippen LogP contribution in [-0.4, -0.2) is 39.0 Å². The average Bonchev–Trinajstić information content (AvgIpc) is 2.95. The fraction of sp³-hybridized carbons (Fsp3) is 0.462. The number of hydrogen-bond donors (Lipinski definition) is 1. The SMILES string of the molecule is c1cc(NC2CCN(Cc3cocn3)CC2)ncn1. The number of nitrogens with one attached hydrogen (secondary N) is 1. The fourth-order valence-corrected chi connectivity index (χ4v) is 2.37. The second-order valence-corrected chi connectivity index (χ2v) is 4.77. The van der Waals surface area contributed by atoms with Gasteiger partial charge in [-0.15, -0.1) is 0 Å². The van der Waals surface area contributed by atoms with Gasteiger partial charge in [0.15, 0.2) is 6.39 Å². The molecule has 1 N–H and O–H groups in total. The molecule has 0 amide bonds. The summed E-state index contributed by atoms with van der Waals surface area (Å²) in [5.74, 6) is 0.907. The first kappa shape index (κ1) is 12.1. The minimum atomic E-state index is 0.489. The number of likely N-dealkylation sites (tertiary alicyclic amines) is 1. The topological polar surface area (TPSA) is 67.1 Å². The van der Waals surface area contributed by atoms with Crippen LogP contribution in [0.5, 0.6) is 0 Å². The predicted molar refractivity (Wildman–Crippen MR) is 70.5 cm³/mol. The van der Waals surface area contributed by atoms with Crippen molar-refractivity contribution in [2.45, 2.75) is 25.4 Å². The lowest BCUT2D eigenvalue weighted by Crippen LogP contribution is -2.38. The summed E-state index contributed by atoms with van der Waals surface area (Å²) < 4.78 is 4.99. The number of hydrogen-bond acceptors (Lipinski definition) is 6. The first-order valence-corrected chi connectivity index (χ1v) is 6.52. The maximum absolute atomic E-state index is 4.99. The quantitative estimate of drug-likeness (QED) is 0.898. The van der Waals surface area contributed by atoms with E-state index in [0.29, 0.717) is 6.04 Å². The Hall–Kier alpha value is -1.95. The zero-order valence-electron chi connectivity index (χ0n) is 10.7. The highest BCUT2D eigenvalue weighted by atomic mass is 16.3. The van der Waals surface area contributed by atoms with Crippen molar-refractivity contribution in [3.05, 3.63) is 36.9 Å². The van der Waals surface area contributed by atoms with E-state index >= 15 is 0 Å². The van der Waals surface area contributed by atoms with Crippen LogP contribution < -0.4 is 5.32 Å². The standard InChI is InChI=1S/C13H17N5O/c1-4-14-9-15-13(1)17-11-2-5-18(6-3-11)7-12-8-19-10-16-12/h1,4,8-11H,2-3,5-7H2,(H,14,15,17). The van der Waals surface area contributed by atoms with Crippen LogP contribution in [-0.2, 0) is 6.54 Å². The Morgan fingerprint density at radius 2 is 2.21 bits per heavy atom. The minimum Gasteiger partial charge on any atom is -0.451 e. The molecule has 6 nitrogen and oxygen atoms in total. The molecule has 0 spiro atoms. The highest BCUT2D eigenvalue weighted by Gasteiger charge is 2.19. The van der Waals surface area contributed by atoms with E-state index in [-0.39, 0.29) is 0 Å². The van der Waals surface area contributed by atoms with Crippen molar-refractivity contribution in [2.75, 3.05) is 18.4 Å². The zero-order chi connectivity index (χ0) is 12.9. The van der Waals surface area contributed by atoms with Crippen molar-refractivity contribution in [3.8, 4) is 0 Å². The molecule has 0 bridgehead atoms. The van der Waals surface area contributed by atoms with Gasteiger partial charge < -0.3 is 9.73 Å². The Kier molecular flexibility index (Phi) is 3.69. The van der Waals surface area contributed by atoms with Crippen molar-refractivity contribution in [1.29, 1.82) is 0 Å². The molecule has 1 aliphatic rings. The van der Waals surface area contributed by atoms with E-state index in [9.17, 15) is 0 Å². The van der Waals surface area contributed by atoms with Crippen molar-refractivity contribution in [3.63, 3.8) is 0 Å². The van der Waals surface area contributed by atoms with Gasteiger partial charge in [-0.05, 0) is 18.9 Å². The van der Waals surface area contributed by atoms with Crippen LogP contribution in [0.15, 0.2) is 35.7 Å². The Bertz CT molecular complexity index is 479. The fourth-order valence-electron chi connectivity index (χ4n) is 2.37. The van der Waals surface area contributed by atoms with Gasteiger partial charge in [-0.1, -0.05) is 0 Å². The molecule has 1 aliphatic heterocycles. The van der Waals surface area contributed by atoms with Crippen LogP contribution in [0.25, 0.3) is 0 Å². The lowest BCUT2D eigenvalue weighted by molar-refractivity contribution is 0.209. The number of nitrogens with zero attached hydrogens (tertiary/aromatic N) is 4. The summed E-state index contributed by atoms with van der Waals surface area (Å²) in [5.41, 5.74) is 1.00. The second kappa shape index (κ2) is 5.79. The maximum atomic E-state index is 4.99. The third-order valence-electron chi connectivity index (χ3n) is 3.39. The van der Waals surface area contributed by atoms with E-state index in [4.69, 9.17) is 4.42 Å². The molecular formula is C13H17N5O. The Morgan fingerprint density at radius 3 is 2.89 bits per heavy atom. The molecule has 2 aromatic rings. The number of anilines is 1. The molecule has 6 heteroatoms. The number of piperidine rings is 1. The summed E-state index contributed by atoms with van der Waals surface area (Å²) in [6.07, 6.45) is 8.75. The van der Waals surface area contributed by atoms with Crippen molar-refractivity contribution >= 4 is 5.82 Å². The molecule has 3 heterocycles. The van der Waals surface area contributed by atoms with Gasteiger partial charge in [-0.3, -0.25) is 4.90 Å². The molecule has 0 atom stereocenters. The van der Waals surface area contributed by atoms with Crippen LogP contribution in [0.2, 0.25) is 0 Å². The number of rotatable bonds is 4. The smallest absolute Gasteiger partial charge is 0.180 e. The lowest BCUT2D eigenvalue weighted by atomic mass is 10.0. The van der Waals surface area contributed by atoms with E-state index < -0.39 is 0 Å². The molecule has 0 aliphatic carbocycles. The van der Waals surface area contributed by atoms with E-state index in [0.717, 1.165) is 44.0 Å². The van der Waals surface area contributed by atoms with Gasteiger partial charge in [0.1, 0.15) is 18.4 Å². The van der Waals surface area contributed by atoms with Crippen molar-refractivity contribution in [1.82, 2.24) is 19.9 Å². The van der Waals surface area contributed by atoms with E-state index in [2.05, 4.69) is 25.2 Å². The van der Waals surface area contributed by atoms with Gasteiger partial charge in [0.05, 0.1) is 5.69 Å². The third kappa shape index (κ3) is 3.29. The Balaban J connectivity index is 1.47. The maximum Gasteiger partial charge on any atom is 0.180 e. The molecule has 0 saturated carbocycles. The van der Waals surface area contributed by atoms with E-state index in [1.165, 1.54) is 6.39 Å². The minimum absolute atomic E-state index is 0.489. The summed E-state index contributed by atoms with van der Waals surface area (Å²) >= 11 is 0.